The minimum absolute atomic E-state index is 0.0113. The molecule has 1 aromatic carbocycles. The lowest BCUT2D eigenvalue weighted by Gasteiger charge is -2.20. The molecule has 0 aliphatic carbocycles. The van der Waals surface area contributed by atoms with Gasteiger partial charge < -0.3 is 10.4 Å². The van der Waals surface area contributed by atoms with E-state index in [0.717, 1.165) is 29.0 Å². The fraction of sp³-hybridized carbons (Fsp3) is 0.167. The van der Waals surface area contributed by atoms with Gasteiger partial charge in [-0.1, -0.05) is 6.92 Å². The highest BCUT2D eigenvalue weighted by Crippen LogP contribution is 2.23. The molecule has 1 amide bonds. The number of fused-ring (bicyclic) bond motifs is 1. The molecule has 0 unspecified atom stereocenters. The fourth-order valence-electron chi connectivity index (χ4n) is 2.86. The molecule has 0 aliphatic rings. The first-order valence-corrected chi connectivity index (χ1v) is 8.12. The maximum atomic E-state index is 13.9. The highest BCUT2D eigenvalue weighted by molar-refractivity contribution is 5.84. The molecule has 0 aliphatic heterocycles. The number of halogens is 2. The Hall–Kier alpha value is -3.87. The summed E-state index contributed by atoms with van der Waals surface area (Å²) >= 11 is 0. The van der Waals surface area contributed by atoms with Crippen LogP contribution in [0.15, 0.2) is 35.4 Å². The molecule has 1 atom stereocenters. The van der Waals surface area contributed by atoms with Crippen molar-refractivity contribution in [3.05, 3.63) is 64.0 Å². The molecule has 8 nitrogen and oxygen atoms in total. The summed E-state index contributed by atoms with van der Waals surface area (Å²) in [6.07, 6.45) is 0.975. The number of hydrogen-bond donors (Lipinski definition) is 2. The zero-order valence-corrected chi connectivity index (χ0v) is 14.5. The van der Waals surface area contributed by atoms with E-state index in [2.05, 4.69) is 15.3 Å². The van der Waals surface area contributed by atoms with E-state index in [1.807, 2.05) is 0 Å². The van der Waals surface area contributed by atoms with Gasteiger partial charge in [0.15, 0.2) is 0 Å². The molecule has 3 rings (SSSR count). The number of carboxylic acid groups (broad SMARTS) is 1. The van der Waals surface area contributed by atoms with Crippen molar-refractivity contribution in [2.45, 2.75) is 19.4 Å². The SMILES string of the molecule is CC[C@H](NC(=O)O)c1nc2c(C#N)cc(F)cc2c(=O)n1-c1cncc(F)c1. The van der Waals surface area contributed by atoms with Gasteiger partial charge in [-0.3, -0.25) is 14.3 Å². The van der Waals surface area contributed by atoms with E-state index < -0.39 is 29.3 Å². The second-order valence-corrected chi connectivity index (χ2v) is 5.84. The lowest BCUT2D eigenvalue weighted by atomic mass is 10.1. The standard InChI is InChI=1S/C18H13F2N5O3/c1-2-14(23-18(27)28)16-24-15-9(6-21)3-10(19)5-13(15)17(26)25(16)12-4-11(20)7-22-8-12/h3-5,7-8,14,23H,2H2,1H3,(H,27,28)/t14-/m0/s1. The van der Waals surface area contributed by atoms with Gasteiger partial charge >= 0.3 is 6.09 Å². The molecule has 0 bridgehead atoms. The first kappa shape index (κ1) is 18.9. The van der Waals surface area contributed by atoms with Gasteiger partial charge in [0.05, 0.1) is 40.6 Å². The normalized spacial score (nSPS) is 11.8. The summed E-state index contributed by atoms with van der Waals surface area (Å²) in [5, 5.41) is 20.4. The van der Waals surface area contributed by atoms with Crippen LogP contribution in [0, 0.1) is 23.0 Å². The highest BCUT2D eigenvalue weighted by atomic mass is 19.1. The molecular weight excluding hydrogens is 372 g/mol. The van der Waals surface area contributed by atoms with Gasteiger partial charge in [-0.15, -0.1) is 0 Å². The van der Waals surface area contributed by atoms with Crippen molar-refractivity contribution in [1.82, 2.24) is 19.9 Å². The second kappa shape index (κ2) is 7.40. The van der Waals surface area contributed by atoms with Crippen molar-refractivity contribution in [2.75, 3.05) is 0 Å². The number of nitrogens with zero attached hydrogens (tertiary/aromatic N) is 4. The monoisotopic (exact) mass is 385 g/mol. The Morgan fingerprint density at radius 3 is 2.68 bits per heavy atom. The first-order chi connectivity index (χ1) is 13.3. The number of rotatable bonds is 4. The van der Waals surface area contributed by atoms with Gasteiger partial charge in [0.2, 0.25) is 0 Å². The molecule has 28 heavy (non-hydrogen) atoms. The predicted molar refractivity (Wildman–Crippen MR) is 94.0 cm³/mol. The van der Waals surface area contributed by atoms with Gasteiger partial charge in [-0.2, -0.15) is 5.26 Å². The van der Waals surface area contributed by atoms with Crippen molar-refractivity contribution in [2.24, 2.45) is 0 Å². The minimum Gasteiger partial charge on any atom is -0.465 e. The maximum Gasteiger partial charge on any atom is 0.405 e. The molecule has 0 saturated heterocycles. The lowest BCUT2D eigenvalue weighted by molar-refractivity contribution is 0.188. The van der Waals surface area contributed by atoms with Crippen LogP contribution in [0.5, 0.6) is 0 Å². The Balaban J connectivity index is 2.46. The third-order valence-corrected chi connectivity index (χ3v) is 4.05. The van der Waals surface area contributed by atoms with E-state index in [4.69, 9.17) is 5.11 Å². The Bertz CT molecular complexity index is 1190. The highest BCUT2D eigenvalue weighted by Gasteiger charge is 2.23. The van der Waals surface area contributed by atoms with E-state index in [0.29, 0.717) is 0 Å². The van der Waals surface area contributed by atoms with Crippen molar-refractivity contribution in [3.63, 3.8) is 0 Å². The summed E-state index contributed by atoms with van der Waals surface area (Å²) < 4.78 is 28.5. The van der Waals surface area contributed by atoms with Crippen LogP contribution in [0.2, 0.25) is 0 Å². The van der Waals surface area contributed by atoms with Crippen LogP contribution in [0.4, 0.5) is 13.6 Å². The largest absolute Gasteiger partial charge is 0.465 e. The number of nitriles is 1. The molecular formula is C18H13F2N5O3. The first-order valence-electron chi connectivity index (χ1n) is 8.12. The predicted octanol–water partition coefficient (Wildman–Crippen LogP) is 2.65. The number of amides is 1. The lowest BCUT2D eigenvalue weighted by Crippen LogP contribution is -2.33. The molecule has 2 heterocycles. The van der Waals surface area contributed by atoms with E-state index in [-0.39, 0.29) is 34.4 Å². The number of hydrogen-bond acceptors (Lipinski definition) is 5. The molecule has 0 spiro atoms. The van der Waals surface area contributed by atoms with Gasteiger partial charge in [0.25, 0.3) is 5.56 Å². The van der Waals surface area contributed by atoms with Crippen LogP contribution in [-0.4, -0.2) is 25.7 Å². The summed E-state index contributed by atoms with van der Waals surface area (Å²) in [4.78, 5) is 32.2. The molecule has 10 heteroatoms. The molecule has 2 N–H and O–H groups in total. The Morgan fingerprint density at radius 1 is 1.32 bits per heavy atom. The van der Waals surface area contributed by atoms with Crippen molar-refractivity contribution >= 4 is 17.0 Å². The van der Waals surface area contributed by atoms with Crippen LogP contribution >= 0.6 is 0 Å². The summed E-state index contributed by atoms with van der Waals surface area (Å²) in [5.74, 6) is -1.61. The van der Waals surface area contributed by atoms with Crippen LogP contribution in [0.25, 0.3) is 16.6 Å². The average Bonchev–Trinajstić information content (AvgIpc) is 2.65. The number of pyridine rings is 1. The van der Waals surface area contributed by atoms with Gasteiger partial charge in [-0.05, 0) is 18.6 Å². The molecule has 142 valence electrons. The Labute approximate surface area is 156 Å². The zero-order valence-electron chi connectivity index (χ0n) is 14.5. The summed E-state index contributed by atoms with van der Waals surface area (Å²) in [6, 6.07) is 3.69. The van der Waals surface area contributed by atoms with E-state index in [1.54, 1.807) is 13.0 Å². The molecule has 3 aromatic rings. The zero-order chi connectivity index (χ0) is 20.4. The smallest absolute Gasteiger partial charge is 0.405 e. The molecule has 2 aromatic heterocycles. The topological polar surface area (TPSA) is 121 Å². The number of nitrogens with one attached hydrogen (secondary N) is 1. The molecule has 0 fully saturated rings. The Kier molecular flexibility index (Phi) is 5.00. The number of aromatic nitrogens is 3. The number of carbonyl (C=O) groups is 1. The number of benzene rings is 1. The minimum atomic E-state index is -1.36. The van der Waals surface area contributed by atoms with Crippen molar-refractivity contribution in [3.8, 4) is 11.8 Å². The van der Waals surface area contributed by atoms with Crippen LogP contribution in [0.1, 0.15) is 30.8 Å². The van der Waals surface area contributed by atoms with Crippen LogP contribution in [0.3, 0.4) is 0 Å². The summed E-state index contributed by atoms with van der Waals surface area (Å²) in [7, 11) is 0. The third-order valence-electron chi connectivity index (χ3n) is 4.05. The Morgan fingerprint density at radius 2 is 2.07 bits per heavy atom. The molecule has 0 radical (unpaired) electrons. The van der Waals surface area contributed by atoms with Crippen molar-refractivity contribution < 1.29 is 18.7 Å². The average molecular weight is 385 g/mol. The maximum absolute atomic E-state index is 13.9. The van der Waals surface area contributed by atoms with Gasteiger partial charge in [0, 0.05) is 6.07 Å². The van der Waals surface area contributed by atoms with E-state index in [1.165, 1.54) is 6.20 Å². The van der Waals surface area contributed by atoms with Crippen LogP contribution < -0.4 is 10.9 Å². The quantitative estimate of drug-likeness (QED) is 0.712. The third kappa shape index (κ3) is 3.37. The summed E-state index contributed by atoms with van der Waals surface area (Å²) in [5.41, 5.74) is -1.05. The van der Waals surface area contributed by atoms with Crippen LogP contribution in [-0.2, 0) is 0 Å². The second-order valence-electron chi connectivity index (χ2n) is 5.84. The van der Waals surface area contributed by atoms with E-state index >= 15 is 0 Å². The summed E-state index contributed by atoms with van der Waals surface area (Å²) in [6.45, 7) is 1.65. The molecule has 0 saturated carbocycles. The van der Waals surface area contributed by atoms with Crippen molar-refractivity contribution in [1.29, 1.82) is 5.26 Å². The van der Waals surface area contributed by atoms with Gasteiger partial charge in [-0.25, -0.2) is 18.6 Å². The van der Waals surface area contributed by atoms with E-state index in [9.17, 15) is 23.6 Å². The fourth-order valence-corrected chi connectivity index (χ4v) is 2.86. The van der Waals surface area contributed by atoms with Gasteiger partial charge in [0.1, 0.15) is 23.5 Å².